The molecule has 0 radical (unpaired) electrons. The molecule has 0 saturated carbocycles. The van der Waals surface area contributed by atoms with Gasteiger partial charge < -0.3 is 10.2 Å². The number of aryl methyl sites for hydroxylation is 1. The number of carbonyl (C=O) groups is 1. The molecule has 22 heavy (non-hydrogen) atoms. The van der Waals surface area contributed by atoms with Gasteiger partial charge in [-0.3, -0.25) is 9.48 Å². The first-order valence-electron chi connectivity index (χ1n) is 7.47. The van der Waals surface area contributed by atoms with Crippen molar-refractivity contribution < 1.29 is 4.79 Å². The summed E-state index contributed by atoms with van der Waals surface area (Å²) in [6.45, 7) is 1.87. The van der Waals surface area contributed by atoms with Crippen molar-refractivity contribution in [3.05, 3.63) is 35.8 Å². The lowest BCUT2D eigenvalue weighted by Crippen LogP contribution is -2.34. The zero-order chi connectivity index (χ0) is 15.5. The molecule has 1 fully saturated rings. The predicted octanol–water partition coefficient (Wildman–Crippen LogP) is 0.954. The average molecular weight is 300 g/mol. The summed E-state index contributed by atoms with van der Waals surface area (Å²) in [6.07, 6.45) is 3.99. The molecule has 7 heteroatoms. The lowest BCUT2D eigenvalue weighted by atomic mass is 9.93. The van der Waals surface area contributed by atoms with Crippen LogP contribution in [0.4, 0.5) is 5.82 Å². The SMILES string of the molecule is CNC(=O)c1ccc(N2CCC(c3ccnn3C)CC2)nn1. The first-order valence-corrected chi connectivity index (χ1v) is 7.47. The highest BCUT2D eigenvalue weighted by atomic mass is 16.1. The van der Waals surface area contributed by atoms with Gasteiger partial charge in [0.25, 0.3) is 5.91 Å². The number of hydrogen-bond donors (Lipinski definition) is 1. The first-order chi connectivity index (χ1) is 10.7. The zero-order valence-electron chi connectivity index (χ0n) is 12.9. The first kappa shape index (κ1) is 14.5. The molecule has 0 aromatic carbocycles. The Morgan fingerprint density at radius 3 is 2.55 bits per heavy atom. The fourth-order valence-corrected chi connectivity index (χ4v) is 2.93. The van der Waals surface area contributed by atoms with E-state index in [1.54, 1.807) is 13.1 Å². The number of hydrogen-bond acceptors (Lipinski definition) is 5. The van der Waals surface area contributed by atoms with E-state index in [0.29, 0.717) is 11.6 Å². The van der Waals surface area contributed by atoms with Crippen LogP contribution in [0.25, 0.3) is 0 Å². The summed E-state index contributed by atoms with van der Waals surface area (Å²) in [5.74, 6) is 1.16. The summed E-state index contributed by atoms with van der Waals surface area (Å²) in [7, 11) is 3.58. The van der Waals surface area contributed by atoms with Gasteiger partial charge >= 0.3 is 0 Å². The molecule has 3 heterocycles. The fraction of sp³-hybridized carbons (Fsp3) is 0.467. The highest BCUT2D eigenvalue weighted by Gasteiger charge is 2.23. The maximum atomic E-state index is 11.5. The largest absolute Gasteiger partial charge is 0.355 e. The molecule has 7 nitrogen and oxygen atoms in total. The van der Waals surface area contributed by atoms with Crippen LogP contribution in [-0.4, -0.2) is 46.0 Å². The second kappa shape index (κ2) is 6.13. The minimum Gasteiger partial charge on any atom is -0.355 e. The summed E-state index contributed by atoms with van der Waals surface area (Å²) in [5.41, 5.74) is 1.64. The molecule has 116 valence electrons. The zero-order valence-corrected chi connectivity index (χ0v) is 12.9. The molecule has 0 spiro atoms. The van der Waals surface area contributed by atoms with Gasteiger partial charge in [0.05, 0.1) is 0 Å². The van der Waals surface area contributed by atoms with Gasteiger partial charge in [-0.1, -0.05) is 0 Å². The highest BCUT2D eigenvalue weighted by Crippen LogP contribution is 2.29. The van der Waals surface area contributed by atoms with Crippen LogP contribution in [0.2, 0.25) is 0 Å². The third kappa shape index (κ3) is 2.79. The van der Waals surface area contributed by atoms with Crippen LogP contribution in [0.3, 0.4) is 0 Å². The van der Waals surface area contributed by atoms with Crippen molar-refractivity contribution in [3.63, 3.8) is 0 Å². The van der Waals surface area contributed by atoms with Gasteiger partial charge in [0.15, 0.2) is 11.5 Å². The summed E-state index contributed by atoms with van der Waals surface area (Å²) < 4.78 is 1.96. The van der Waals surface area contributed by atoms with E-state index in [9.17, 15) is 4.79 Å². The molecule has 2 aromatic rings. The second-order valence-electron chi connectivity index (χ2n) is 5.50. The predicted molar refractivity (Wildman–Crippen MR) is 82.8 cm³/mol. The van der Waals surface area contributed by atoms with Gasteiger partial charge in [0, 0.05) is 45.0 Å². The Labute approximate surface area is 129 Å². The molecule has 3 rings (SSSR count). The van der Waals surface area contributed by atoms with Gasteiger partial charge in [0.1, 0.15) is 0 Å². The van der Waals surface area contributed by atoms with Crippen LogP contribution < -0.4 is 10.2 Å². The standard InChI is InChI=1S/C15H20N6O/c1-16-15(22)12-3-4-14(19-18-12)21-9-6-11(7-10-21)13-5-8-17-20(13)2/h3-5,8,11H,6-7,9-10H2,1-2H3,(H,16,22). The molecule has 1 saturated heterocycles. The van der Waals surface area contributed by atoms with Crippen molar-refractivity contribution in [2.45, 2.75) is 18.8 Å². The quantitative estimate of drug-likeness (QED) is 0.913. The van der Waals surface area contributed by atoms with Crippen LogP contribution in [0.1, 0.15) is 34.9 Å². The third-order valence-electron chi connectivity index (χ3n) is 4.21. The fourth-order valence-electron chi connectivity index (χ4n) is 2.93. The molecule has 1 aliphatic heterocycles. The number of nitrogens with one attached hydrogen (secondary N) is 1. The summed E-state index contributed by atoms with van der Waals surface area (Å²) in [4.78, 5) is 13.7. The van der Waals surface area contributed by atoms with Crippen LogP contribution in [-0.2, 0) is 7.05 Å². The van der Waals surface area contributed by atoms with E-state index in [0.717, 1.165) is 31.7 Å². The van der Waals surface area contributed by atoms with Gasteiger partial charge in [-0.2, -0.15) is 5.10 Å². The Kier molecular flexibility index (Phi) is 4.04. The van der Waals surface area contributed by atoms with Crippen molar-refractivity contribution in [2.24, 2.45) is 7.05 Å². The van der Waals surface area contributed by atoms with Gasteiger partial charge in [-0.15, -0.1) is 10.2 Å². The summed E-state index contributed by atoms with van der Waals surface area (Å²) in [5, 5.41) is 15.0. The van der Waals surface area contributed by atoms with Gasteiger partial charge in [0.2, 0.25) is 0 Å². The molecule has 0 unspecified atom stereocenters. The molecule has 2 aromatic heterocycles. The average Bonchev–Trinajstić information content (AvgIpc) is 3.00. The molecule has 0 atom stereocenters. The maximum Gasteiger partial charge on any atom is 0.271 e. The molecule has 1 aliphatic rings. The van der Waals surface area contributed by atoms with Crippen molar-refractivity contribution in [2.75, 3.05) is 25.0 Å². The number of nitrogens with zero attached hydrogens (tertiary/aromatic N) is 5. The van der Waals surface area contributed by atoms with Crippen molar-refractivity contribution >= 4 is 11.7 Å². The smallest absolute Gasteiger partial charge is 0.271 e. The van der Waals surface area contributed by atoms with E-state index >= 15 is 0 Å². The van der Waals surface area contributed by atoms with Crippen LogP contribution in [0.5, 0.6) is 0 Å². The van der Waals surface area contributed by atoms with E-state index in [4.69, 9.17) is 0 Å². The molecular formula is C15H20N6O. The van der Waals surface area contributed by atoms with Gasteiger partial charge in [-0.05, 0) is 31.0 Å². The van der Waals surface area contributed by atoms with Crippen molar-refractivity contribution in [3.8, 4) is 0 Å². The van der Waals surface area contributed by atoms with Crippen molar-refractivity contribution in [1.82, 2.24) is 25.3 Å². The number of carbonyl (C=O) groups excluding carboxylic acids is 1. The number of rotatable bonds is 3. The third-order valence-corrected chi connectivity index (χ3v) is 4.21. The van der Waals surface area contributed by atoms with E-state index in [-0.39, 0.29) is 5.91 Å². The molecule has 0 bridgehead atoms. The van der Waals surface area contributed by atoms with Crippen LogP contribution >= 0.6 is 0 Å². The van der Waals surface area contributed by atoms with Crippen LogP contribution in [0, 0.1) is 0 Å². The summed E-state index contributed by atoms with van der Waals surface area (Å²) >= 11 is 0. The number of amides is 1. The lowest BCUT2D eigenvalue weighted by Gasteiger charge is -2.32. The Morgan fingerprint density at radius 1 is 1.23 bits per heavy atom. The van der Waals surface area contributed by atoms with Crippen molar-refractivity contribution in [1.29, 1.82) is 0 Å². The van der Waals surface area contributed by atoms with E-state index in [1.165, 1.54) is 5.69 Å². The topological polar surface area (TPSA) is 75.9 Å². The number of anilines is 1. The Bertz CT molecular complexity index is 642. The Balaban J connectivity index is 1.64. The number of aromatic nitrogens is 4. The maximum absolute atomic E-state index is 11.5. The minimum absolute atomic E-state index is 0.214. The normalized spacial score (nSPS) is 15.8. The van der Waals surface area contributed by atoms with Crippen LogP contribution in [0.15, 0.2) is 24.4 Å². The summed E-state index contributed by atoms with van der Waals surface area (Å²) in [6, 6.07) is 5.68. The second-order valence-corrected chi connectivity index (χ2v) is 5.50. The Hall–Kier alpha value is -2.44. The highest BCUT2D eigenvalue weighted by molar-refractivity contribution is 5.91. The lowest BCUT2D eigenvalue weighted by molar-refractivity contribution is 0.0957. The number of piperidine rings is 1. The monoisotopic (exact) mass is 300 g/mol. The molecule has 1 amide bonds. The van der Waals surface area contributed by atoms with E-state index in [2.05, 4.69) is 31.6 Å². The molecule has 1 N–H and O–H groups in total. The minimum atomic E-state index is -0.214. The van der Waals surface area contributed by atoms with E-state index < -0.39 is 0 Å². The Morgan fingerprint density at radius 2 is 2.00 bits per heavy atom. The van der Waals surface area contributed by atoms with E-state index in [1.807, 2.05) is 24.0 Å². The van der Waals surface area contributed by atoms with Gasteiger partial charge in [-0.25, -0.2) is 0 Å². The molecular weight excluding hydrogens is 280 g/mol. The molecule has 0 aliphatic carbocycles.